The molecule has 1 atom stereocenters. The molecule has 0 aliphatic carbocycles. The normalized spacial score (nSPS) is 12.1. The van der Waals surface area contributed by atoms with E-state index in [0.717, 1.165) is 5.69 Å². The van der Waals surface area contributed by atoms with Gasteiger partial charge in [0, 0.05) is 11.1 Å². The Morgan fingerprint density at radius 1 is 1.71 bits per heavy atom. The average molecular weight is 294 g/mol. The van der Waals surface area contributed by atoms with Crippen LogP contribution in [0, 0.1) is 0 Å². The van der Waals surface area contributed by atoms with Crippen molar-refractivity contribution in [2.75, 3.05) is 11.1 Å². The second-order valence-corrected chi connectivity index (χ2v) is 5.71. The van der Waals surface area contributed by atoms with E-state index in [1.807, 2.05) is 5.38 Å². The Morgan fingerprint density at radius 3 is 3.00 bits per heavy atom. The number of thioether (sulfide) groups is 1. The van der Waals surface area contributed by atoms with E-state index < -0.39 is 5.38 Å². The third-order valence-electron chi connectivity index (χ3n) is 1.64. The summed E-state index contributed by atoms with van der Waals surface area (Å²) in [5.41, 5.74) is 5.82. The Balaban J connectivity index is 2.42. The average Bonchev–Trinajstić information content (AvgIpc) is 2.65. The molecule has 1 aromatic rings. The number of halogens is 1. The first-order chi connectivity index (χ1) is 7.99. The van der Waals surface area contributed by atoms with Gasteiger partial charge in [-0.25, -0.2) is 4.98 Å². The van der Waals surface area contributed by atoms with Gasteiger partial charge >= 0.3 is 0 Å². The third kappa shape index (κ3) is 5.38. The number of primary amides is 1. The summed E-state index contributed by atoms with van der Waals surface area (Å²) in [5, 5.41) is 4.34. The van der Waals surface area contributed by atoms with Crippen LogP contribution in [-0.2, 0) is 15.3 Å². The summed E-state index contributed by atoms with van der Waals surface area (Å²) in [6.45, 7) is 1.59. The molecule has 0 bridgehead atoms. The van der Waals surface area contributed by atoms with E-state index in [1.165, 1.54) is 23.1 Å². The van der Waals surface area contributed by atoms with Crippen molar-refractivity contribution in [2.24, 2.45) is 5.73 Å². The van der Waals surface area contributed by atoms with Crippen LogP contribution in [0.2, 0.25) is 0 Å². The van der Waals surface area contributed by atoms with Crippen LogP contribution in [0.15, 0.2) is 5.38 Å². The lowest BCUT2D eigenvalue weighted by atomic mass is 10.4. The number of amides is 2. The van der Waals surface area contributed by atoms with Crippen LogP contribution in [0.25, 0.3) is 0 Å². The van der Waals surface area contributed by atoms with Gasteiger partial charge in [0.1, 0.15) is 5.38 Å². The van der Waals surface area contributed by atoms with Crippen molar-refractivity contribution in [1.29, 1.82) is 0 Å². The molecule has 0 aliphatic rings. The van der Waals surface area contributed by atoms with Crippen molar-refractivity contribution >= 4 is 51.6 Å². The van der Waals surface area contributed by atoms with Crippen LogP contribution in [-0.4, -0.2) is 27.9 Å². The van der Waals surface area contributed by atoms with Gasteiger partial charge < -0.3 is 11.1 Å². The summed E-state index contributed by atoms with van der Waals surface area (Å²) >= 11 is 8.32. The number of aromatic nitrogens is 1. The maximum Gasteiger partial charge on any atom is 0.243 e. The monoisotopic (exact) mass is 293 g/mol. The first kappa shape index (κ1) is 14.3. The fourth-order valence-electron chi connectivity index (χ4n) is 0.892. The molecule has 8 heteroatoms. The van der Waals surface area contributed by atoms with Crippen LogP contribution in [0.3, 0.4) is 0 Å². The summed E-state index contributed by atoms with van der Waals surface area (Å²) in [6.07, 6.45) is 0. The predicted octanol–water partition coefficient (Wildman–Crippen LogP) is 1.43. The number of hydrogen-bond acceptors (Lipinski definition) is 5. The topological polar surface area (TPSA) is 85.1 Å². The number of nitrogens with zero attached hydrogens (tertiary/aromatic N) is 1. The SMILES string of the molecule is CC(Cl)C(=O)Nc1nc(CSCC(N)=O)cs1. The number of anilines is 1. The zero-order valence-electron chi connectivity index (χ0n) is 9.10. The number of alkyl halides is 1. The molecule has 0 spiro atoms. The lowest BCUT2D eigenvalue weighted by molar-refractivity contribution is -0.116. The van der Waals surface area contributed by atoms with Crippen LogP contribution < -0.4 is 11.1 Å². The van der Waals surface area contributed by atoms with Crippen molar-refractivity contribution < 1.29 is 9.59 Å². The van der Waals surface area contributed by atoms with Crippen molar-refractivity contribution in [1.82, 2.24) is 4.98 Å². The van der Waals surface area contributed by atoms with E-state index in [4.69, 9.17) is 17.3 Å². The van der Waals surface area contributed by atoms with Gasteiger partial charge in [-0.05, 0) is 6.92 Å². The largest absolute Gasteiger partial charge is 0.369 e. The van der Waals surface area contributed by atoms with Gasteiger partial charge in [-0.15, -0.1) is 34.7 Å². The number of nitrogens with two attached hydrogens (primary N) is 1. The molecule has 1 heterocycles. The van der Waals surface area contributed by atoms with Crippen molar-refractivity contribution in [3.63, 3.8) is 0 Å². The molecular weight excluding hydrogens is 282 g/mol. The molecule has 94 valence electrons. The molecule has 0 aliphatic heterocycles. The van der Waals surface area contributed by atoms with E-state index in [0.29, 0.717) is 10.9 Å². The zero-order valence-corrected chi connectivity index (χ0v) is 11.5. The molecule has 5 nitrogen and oxygen atoms in total. The van der Waals surface area contributed by atoms with Crippen molar-refractivity contribution in [3.8, 4) is 0 Å². The Labute approximate surface area is 112 Å². The Hall–Kier alpha value is -0.790. The number of carbonyl (C=O) groups excluding carboxylic acids is 2. The molecule has 2 amide bonds. The van der Waals surface area contributed by atoms with Gasteiger partial charge in [0.25, 0.3) is 0 Å². The first-order valence-electron chi connectivity index (χ1n) is 4.74. The maximum absolute atomic E-state index is 11.3. The lowest BCUT2D eigenvalue weighted by Crippen LogP contribution is -2.20. The van der Waals surface area contributed by atoms with E-state index in [1.54, 1.807) is 6.92 Å². The highest BCUT2D eigenvalue weighted by Gasteiger charge is 2.11. The standard InChI is InChI=1S/C9H12ClN3O2S2/c1-5(10)8(15)13-9-12-6(3-17-9)2-16-4-7(11)14/h3,5H,2,4H2,1H3,(H2,11,14)(H,12,13,15). The molecule has 0 aromatic carbocycles. The van der Waals surface area contributed by atoms with Crippen LogP contribution in [0.5, 0.6) is 0 Å². The van der Waals surface area contributed by atoms with E-state index in [9.17, 15) is 9.59 Å². The van der Waals surface area contributed by atoms with Gasteiger partial charge in [0.05, 0.1) is 11.4 Å². The summed E-state index contributed by atoms with van der Waals surface area (Å²) in [5.74, 6) is 0.219. The summed E-state index contributed by atoms with van der Waals surface area (Å²) in [7, 11) is 0. The van der Waals surface area contributed by atoms with Crippen LogP contribution in [0.4, 0.5) is 5.13 Å². The summed E-state index contributed by atoms with van der Waals surface area (Å²) in [4.78, 5) is 26.0. The predicted molar refractivity (Wildman–Crippen MR) is 71.4 cm³/mol. The second-order valence-electron chi connectivity index (χ2n) is 3.21. The molecule has 1 unspecified atom stereocenters. The number of nitrogens with one attached hydrogen (secondary N) is 1. The van der Waals surface area contributed by atoms with Crippen LogP contribution in [0.1, 0.15) is 12.6 Å². The molecule has 1 rings (SSSR count). The minimum Gasteiger partial charge on any atom is -0.369 e. The highest BCUT2D eigenvalue weighted by molar-refractivity contribution is 7.99. The maximum atomic E-state index is 11.3. The molecule has 0 radical (unpaired) electrons. The molecule has 0 saturated carbocycles. The summed E-state index contributed by atoms with van der Waals surface area (Å²) in [6, 6.07) is 0. The zero-order chi connectivity index (χ0) is 12.8. The Morgan fingerprint density at radius 2 is 2.41 bits per heavy atom. The minimum atomic E-state index is -0.591. The molecule has 0 saturated heterocycles. The highest BCUT2D eigenvalue weighted by Crippen LogP contribution is 2.19. The van der Waals surface area contributed by atoms with E-state index in [-0.39, 0.29) is 17.6 Å². The van der Waals surface area contributed by atoms with Crippen molar-refractivity contribution in [2.45, 2.75) is 18.1 Å². The quantitative estimate of drug-likeness (QED) is 0.777. The molecular formula is C9H12ClN3O2S2. The summed E-state index contributed by atoms with van der Waals surface area (Å²) < 4.78 is 0. The fourth-order valence-corrected chi connectivity index (χ4v) is 2.43. The van der Waals surface area contributed by atoms with Gasteiger partial charge in [-0.3, -0.25) is 9.59 Å². The Kier molecular flexibility index (Phi) is 5.73. The number of thiazole rings is 1. The first-order valence-corrected chi connectivity index (χ1v) is 7.21. The second kappa shape index (κ2) is 6.83. The molecule has 3 N–H and O–H groups in total. The number of hydrogen-bond donors (Lipinski definition) is 2. The molecule has 1 aromatic heterocycles. The smallest absolute Gasteiger partial charge is 0.243 e. The number of rotatable bonds is 6. The minimum absolute atomic E-state index is 0.262. The van der Waals surface area contributed by atoms with Gasteiger partial charge in [0.2, 0.25) is 11.8 Å². The molecule has 17 heavy (non-hydrogen) atoms. The van der Waals surface area contributed by atoms with Gasteiger partial charge in [-0.2, -0.15) is 0 Å². The number of carbonyl (C=O) groups is 2. The lowest BCUT2D eigenvalue weighted by Gasteiger charge is -2.01. The van der Waals surface area contributed by atoms with E-state index >= 15 is 0 Å². The fraction of sp³-hybridized carbons (Fsp3) is 0.444. The van der Waals surface area contributed by atoms with Gasteiger partial charge in [0.15, 0.2) is 5.13 Å². The van der Waals surface area contributed by atoms with Gasteiger partial charge in [-0.1, -0.05) is 0 Å². The molecule has 0 fully saturated rings. The Bertz CT molecular complexity index is 409. The highest BCUT2D eigenvalue weighted by atomic mass is 35.5. The van der Waals surface area contributed by atoms with Crippen LogP contribution >= 0.6 is 34.7 Å². The third-order valence-corrected chi connectivity index (χ3v) is 3.63. The van der Waals surface area contributed by atoms with Crippen molar-refractivity contribution in [3.05, 3.63) is 11.1 Å². The van der Waals surface area contributed by atoms with E-state index in [2.05, 4.69) is 10.3 Å².